The molecule has 1 rings (SSSR count). The topological polar surface area (TPSA) is 75.6 Å². The number of rotatable bonds is 5. The number of aryl methyl sites for hydroxylation is 1. The molecule has 5 nitrogen and oxygen atoms in total. The summed E-state index contributed by atoms with van der Waals surface area (Å²) in [5.41, 5.74) is 0.953. The van der Waals surface area contributed by atoms with Crippen LogP contribution < -0.4 is 10.1 Å². The molecule has 0 saturated heterocycles. The van der Waals surface area contributed by atoms with Gasteiger partial charge in [-0.3, -0.25) is 9.59 Å². The molecule has 0 fully saturated rings. The van der Waals surface area contributed by atoms with Crippen molar-refractivity contribution in [1.82, 2.24) is 5.32 Å². The lowest BCUT2D eigenvalue weighted by Crippen LogP contribution is -2.40. The van der Waals surface area contributed by atoms with Crippen LogP contribution in [0.15, 0.2) is 18.2 Å². The van der Waals surface area contributed by atoms with Gasteiger partial charge in [0, 0.05) is 0 Å². The van der Waals surface area contributed by atoms with Crippen LogP contribution in [0, 0.1) is 6.92 Å². The summed E-state index contributed by atoms with van der Waals surface area (Å²) < 4.78 is 5.22. The van der Waals surface area contributed by atoms with Crippen molar-refractivity contribution in [3.63, 3.8) is 0 Å². The molecular formula is C12H14ClNO4. The minimum Gasteiger partial charge on any atom is -0.482 e. The summed E-state index contributed by atoms with van der Waals surface area (Å²) in [6.45, 7) is 2.97. The van der Waals surface area contributed by atoms with Crippen molar-refractivity contribution in [2.45, 2.75) is 19.9 Å². The fourth-order valence-corrected chi connectivity index (χ4v) is 1.38. The summed E-state index contributed by atoms with van der Waals surface area (Å²) >= 11 is 5.89. The Morgan fingerprint density at radius 1 is 1.50 bits per heavy atom. The summed E-state index contributed by atoms with van der Waals surface area (Å²) in [7, 11) is 0. The molecule has 0 aromatic heterocycles. The van der Waals surface area contributed by atoms with Crippen LogP contribution in [0.25, 0.3) is 0 Å². The summed E-state index contributed by atoms with van der Waals surface area (Å²) in [4.78, 5) is 21.9. The number of carbonyl (C=O) groups excluding carboxylic acids is 1. The standard InChI is InChI=1S/C12H14ClNO4/c1-7-3-4-9(13)10(5-7)18-6-11(15)14-8(2)12(16)17/h3-5,8H,6H2,1-2H3,(H,14,15)(H,16,17)/t8-/m1/s1. The Morgan fingerprint density at radius 2 is 2.17 bits per heavy atom. The fourth-order valence-electron chi connectivity index (χ4n) is 1.21. The predicted octanol–water partition coefficient (Wildman–Crippen LogP) is 1.62. The van der Waals surface area contributed by atoms with E-state index in [2.05, 4.69) is 5.32 Å². The van der Waals surface area contributed by atoms with Crippen molar-refractivity contribution in [2.24, 2.45) is 0 Å². The molecular weight excluding hydrogens is 258 g/mol. The molecule has 0 aliphatic heterocycles. The minimum atomic E-state index is -1.10. The van der Waals surface area contributed by atoms with Gasteiger partial charge in [-0.1, -0.05) is 17.7 Å². The van der Waals surface area contributed by atoms with Gasteiger partial charge in [-0.15, -0.1) is 0 Å². The van der Waals surface area contributed by atoms with Gasteiger partial charge < -0.3 is 15.2 Å². The molecule has 1 aromatic rings. The summed E-state index contributed by atoms with van der Waals surface area (Å²) in [5, 5.41) is 11.3. The monoisotopic (exact) mass is 271 g/mol. The van der Waals surface area contributed by atoms with E-state index in [1.54, 1.807) is 12.1 Å². The average Bonchev–Trinajstić information content (AvgIpc) is 2.30. The van der Waals surface area contributed by atoms with Crippen molar-refractivity contribution in [3.8, 4) is 5.75 Å². The summed E-state index contributed by atoms with van der Waals surface area (Å²) in [6.07, 6.45) is 0. The maximum atomic E-state index is 11.4. The van der Waals surface area contributed by atoms with Crippen LogP contribution >= 0.6 is 11.6 Å². The number of hydrogen-bond acceptors (Lipinski definition) is 3. The van der Waals surface area contributed by atoms with E-state index in [0.29, 0.717) is 10.8 Å². The zero-order valence-electron chi connectivity index (χ0n) is 10.1. The second-order valence-electron chi connectivity index (χ2n) is 3.85. The van der Waals surface area contributed by atoms with E-state index in [0.717, 1.165) is 5.56 Å². The SMILES string of the molecule is Cc1ccc(Cl)c(OCC(=O)N[C@H](C)C(=O)O)c1. The Kier molecular flexibility index (Phi) is 4.97. The van der Waals surface area contributed by atoms with Gasteiger partial charge in [-0.25, -0.2) is 0 Å². The van der Waals surface area contributed by atoms with E-state index >= 15 is 0 Å². The lowest BCUT2D eigenvalue weighted by molar-refractivity contribution is -0.141. The van der Waals surface area contributed by atoms with Crippen molar-refractivity contribution in [3.05, 3.63) is 28.8 Å². The molecule has 0 radical (unpaired) electrons. The van der Waals surface area contributed by atoms with E-state index in [-0.39, 0.29) is 6.61 Å². The minimum absolute atomic E-state index is 0.277. The number of amides is 1. The van der Waals surface area contributed by atoms with Crippen LogP contribution in [0.3, 0.4) is 0 Å². The Balaban J connectivity index is 2.52. The van der Waals surface area contributed by atoms with Crippen molar-refractivity contribution in [1.29, 1.82) is 0 Å². The number of carboxylic acid groups (broad SMARTS) is 1. The molecule has 1 aromatic carbocycles. The highest BCUT2D eigenvalue weighted by molar-refractivity contribution is 6.32. The van der Waals surface area contributed by atoms with Gasteiger partial charge in [0.15, 0.2) is 6.61 Å². The van der Waals surface area contributed by atoms with Gasteiger partial charge in [0.2, 0.25) is 0 Å². The van der Waals surface area contributed by atoms with Gasteiger partial charge in [-0.05, 0) is 31.5 Å². The second kappa shape index (κ2) is 6.26. The van der Waals surface area contributed by atoms with E-state index < -0.39 is 17.9 Å². The predicted molar refractivity (Wildman–Crippen MR) is 66.9 cm³/mol. The maximum absolute atomic E-state index is 11.4. The van der Waals surface area contributed by atoms with Crippen LogP contribution in [-0.4, -0.2) is 29.6 Å². The maximum Gasteiger partial charge on any atom is 0.325 e. The Labute approximate surface area is 110 Å². The average molecular weight is 272 g/mol. The lowest BCUT2D eigenvalue weighted by atomic mass is 10.2. The molecule has 0 saturated carbocycles. The number of nitrogens with one attached hydrogen (secondary N) is 1. The van der Waals surface area contributed by atoms with E-state index in [9.17, 15) is 9.59 Å². The quantitative estimate of drug-likeness (QED) is 0.853. The van der Waals surface area contributed by atoms with Crippen LogP contribution in [0.2, 0.25) is 5.02 Å². The van der Waals surface area contributed by atoms with E-state index in [1.165, 1.54) is 6.92 Å². The zero-order chi connectivity index (χ0) is 13.7. The van der Waals surface area contributed by atoms with Gasteiger partial charge in [0.05, 0.1) is 5.02 Å². The Morgan fingerprint density at radius 3 is 2.78 bits per heavy atom. The highest BCUT2D eigenvalue weighted by atomic mass is 35.5. The number of carbonyl (C=O) groups is 2. The third-order valence-corrected chi connectivity index (χ3v) is 2.51. The number of benzene rings is 1. The highest BCUT2D eigenvalue weighted by Gasteiger charge is 2.14. The zero-order valence-corrected chi connectivity index (χ0v) is 10.8. The van der Waals surface area contributed by atoms with Crippen molar-refractivity contribution < 1.29 is 19.4 Å². The first-order chi connectivity index (χ1) is 8.40. The third-order valence-electron chi connectivity index (χ3n) is 2.19. The molecule has 1 amide bonds. The van der Waals surface area contributed by atoms with Crippen LogP contribution in [0.5, 0.6) is 5.75 Å². The molecule has 98 valence electrons. The molecule has 0 aliphatic carbocycles. The van der Waals surface area contributed by atoms with Crippen molar-refractivity contribution >= 4 is 23.5 Å². The molecule has 0 unspecified atom stereocenters. The van der Waals surface area contributed by atoms with Gasteiger partial charge in [0.25, 0.3) is 5.91 Å². The molecule has 6 heteroatoms. The van der Waals surface area contributed by atoms with E-state index in [1.807, 2.05) is 13.0 Å². The van der Waals surface area contributed by atoms with Gasteiger partial charge in [-0.2, -0.15) is 0 Å². The molecule has 0 spiro atoms. The van der Waals surface area contributed by atoms with Crippen LogP contribution in [0.4, 0.5) is 0 Å². The fraction of sp³-hybridized carbons (Fsp3) is 0.333. The Hall–Kier alpha value is -1.75. The lowest BCUT2D eigenvalue weighted by Gasteiger charge is -2.11. The smallest absolute Gasteiger partial charge is 0.325 e. The van der Waals surface area contributed by atoms with Gasteiger partial charge >= 0.3 is 5.97 Å². The number of aliphatic carboxylic acids is 1. The molecule has 18 heavy (non-hydrogen) atoms. The normalized spacial score (nSPS) is 11.7. The van der Waals surface area contributed by atoms with Crippen LogP contribution in [-0.2, 0) is 9.59 Å². The molecule has 0 aliphatic rings. The number of halogens is 1. The molecule has 2 N–H and O–H groups in total. The van der Waals surface area contributed by atoms with Crippen molar-refractivity contribution in [2.75, 3.05) is 6.61 Å². The highest BCUT2D eigenvalue weighted by Crippen LogP contribution is 2.24. The molecule has 0 heterocycles. The number of ether oxygens (including phenoxy) is 1. The van der Waals surface area contributed by atoms with Gasteiger partial charge in [0.1, 0.15) is 11.8 Å². The Bertz CT molecular complexity index is 461. The second-order valence-corrected chi connectivity index (χ2v) is 4.26. The van der Waals surface area contributed by atoms with Crippen LogP contribution in [0.1, 0.15) is 12.5 Å². The summed E-state index contributed by atoms with van der Waals surface area (Å²) in [5.74, 6) is -1.21. The largest absolute Gasteiger partial charge is 0.482 e. The molecule has 1 atom stereocenters. The molecule has 0 bridgehead atoms. The number of hydrogen-bond donors (Lipinski definition) is 2. The first-order valence-corrected chi connectivity index (χ1v) is 5.69. The first kappa shape index (κ1) is 14.3. The first-order valence-electron chi connectivity index (χ1n) is 5.31. The van der Waals surface area contributed by atoms with E-state index in [4.69, 9.17) is 21.4 Å². The summed E-state index contributed by atoms with van der Waals surface area (Å²) in [6, 6.07) is 4.25. The third kappa shape index (κ3) is 4.25. The number of carboxylic acids is 1.